The zero-order valence-electron chi connectivity index (χ0n) is 6.75. The predicted octanol–water partition coefficient (Wildman–Crippen LogP) is 2.64. The molecule has 1 aliphatic heterocycles. The standard InChI is InChI=1S/C10H6ClNO/c11-9-1-2-10-8(4-9)3-7(5-12)6-13-10/h1-4H,6H2. The second-order valence-corrected chi connectivity index (χ2v) is 3.19. The first-order valence-corrected chi connectivity index (χ1v) is 4.20. The molecule has 1 aromatic carbocycles. The van der Waals surface area contributed by atoms with Crippen LogP contribution in [0, 0.1) is 11.3 Å². The maximum Gasteiger partial charge on any atom is 0.127 e. The minimum Gasteiger partial charge on any atom is -0.488 e. The van der Waals surface area contributed by atoms with E-state index in [4.69, 9.17) is 21.6 Å². The van der Waals surface area contributed by atoms with Crippen molar-refractivity contribution in [3.05, 3.63) is 34.4 Å². The summed E-state index contributed by atoms with van der Waals surface area (Å²) in [6.45, 7) is 0.352. The molecule has 0 aliphatic carbocycles. The van der Waals surface area contributed by atoms with E-state index in [0.717, 1.165) is 11.3 Å². The molecule has 0 amide bonds. The van der Waals surface area contributed by atoms with E-state index < -0.39 is 0 Å². The van der Waals surface area contributed by atoms with Gasteiger partial charge in [-0.1, -0.05) is 11.6 Å². The van der Waals surface area contributed by atoms with Crippen molar-refractivity contribution in [2.75, 3.05) is 6.61 Å². The molecule has 0 bridgehead atoms. The van der Waals surface area contributed by atoms with Crippen LogP contribution in [0.3, 0.4) is 0 Å². The Labute approximate surface area is 81.0 Å². The molecule has 0 aromatic heterocycles. The van der Waals surface area contributed by atoms with Gasteiger partial charge < -0.3 is 4.74 Å². The molecule has 0 unspecified atom stereocenters. The highest BCUT2D eigenvalue weighted by Gasteiger charge is 2.10. The lowest BCUT2D eigenvalue weighted by atomic mass is 10.1. The Hall–Kier alpha value is -1.46. The molecule has 0 spiro atoms. The van der Waals surface area contributed by atoms with Gasteiger partial charge >= 0.3 is 0 Å². The first-order valence-electron chi connectivity index (χ1n) is 3.82. The first kappa shape index (κ1) is 8.15. The van der Waals surface area contributed by atoms with Crippen LogP contribution in [0.4, 0.5) is 0 Å². The average molecular weight is 192 g/mol. The van der Waals surface area contributed by atoms with Gasteiger partial charge in [0.1, 0.15) is 12.4 Å². The summed E-state index contributed by atoms with van der Waals surface area (Å²) < 4.78 is 5.33. The van der Waals surface area contributed by atoms with Crippen LogP contribution in [0.2, 0.25) is 5.02 Å². The molecule has 2 rings (SSSR count). The van der Waals surface area contributed by atoms with E-state index in [2.05, 4.69) is 6.07 Å². The molecule has 0 saturated carbocycles. The molecule has 0 saturated heterocycles. The Morgan fingerprint density at radius 2 is 2.31 bits per heavy atom. The van der Waals surface area contributed by atoms with Gasteiger partial charge in [-0.2, -0.15) is 5.26 Å². The fourth-order valence-corrected chi connectivity index (χ4v) is 1.39. The Morgan fingerprint density at radius 1 is 1.46 bits per heavy atom. The van der Waals surface area contributed by atoms with Gasteiger partial charge in [0.25, 0.3) is 0 Å². The summed E-state index contributed by atoms with van der Waals surface area (Å²) >= 11 is 5.80. The second kappa shape index (κ2) is 3.12. The molecule has 0 N–H and O–H groups in total. The maximum absolute atomic E-state index is 8.65. The summed E-state index contributed by atoms with van der Waals surface area (Å²) in [6.07, 6.45) is 1.80. The van der Waals surface area contributed by atoms with E-state index in [1.54, 1.807) is 18.2 Å². The summed E-state index contributed by atoms with van der Waals surface area (Å²) in [4.78, 5) is 0. The maximum atomic E-state index is 8.65. The van der Waals surface area contributed by atoms with E-state index in [0.29, 0.717) is 17.2 Å². The summed E-state index contributed by atoms with van der Waals surface area (Å²) in [5.41, 5.74) is 1.49. The van der Waals surface area contributed by atoms with Crippen molar-refractivity contribution in [3.8, 4) is 11.8 Å². The van der Waals surface area contributed by atoms with Crippen molar-refractivity contribution >= 4 is 17.7 Å². The molecule has 0 radical (unpaired) electrons. The fraction of sp³-hybridized carbons (Fsp3) is 0.100. The van der Waals surface area contributed by atoms with Gasteiger partial charge in [0.05, 0.1) is 11.6 Å². The Kier molecular flexibility index (Phi) is 1.96. The zero-order chi connectivity index (χ0) is 9.26. The predicted molar refractivity (Wildman–Crippen MR) is 50.5 cm³/mol. The first-order chi connectivity index (χ1) is 6.29. The fourth-order valence-electron chi connectivity index (χ4n) is 1.21. The van der Waals surface area contributed by atoms with Crippen molar-refractivity contribution in [1.29, 1.82) is 5.26 Å². The smallest absolute Gasteiger partial charge is 0.127 e. The highest BCUT2D eigenvalue weighted by molar-refractivity contribution is 6.30. The number of ether oxygens (including phenoxy) is 1. The molecular weight excluding hydrogens is 186 g/mol. The van der Waals surface area contributed by atoms with Gasteiger partial charge in [-0.25, -0.2) is 0 Å². The molecule has 3 heteroatoms. The van der Waals surface area contributed by atoms with Gasteiger partial charge in [0.15, 0.2) is 0 Å². The van der Waals surface area contributed by atoms with E-state index >= 15 is 0 Å². The third-order valence-electron chi connectivity index (χ3n) is 1.83. The van der Waals surface area contributed by atoms with Crippen LogP contribution in [-0.4, -0.2) is 6.61 Å². The van der Waals surface area contributed by atoms with Crippen molar-refractivity contribution in [1.82, 2.24) is 0 Å². The number of benzene rings is 1. The number of hydrogen-bond acceptors (Lipinski definition) is 2. The normalized spacial score (nSPS) is 13.7. The quantitative estimate of drug-likeness (QED) is 0.632. The van der Waals surface area contributed by atoms with E-state index in [1.165, 1.54) is 0 Å². The highest BCUT2D eigenvalue weighted by Crippen LogP contribution is 2.28. The molecule has 2 nitrogen and oxygen atoms in total. The van der Waals surface area contributed by atoms with Crippen LogP contribution in [0.1, 0.15) is 5.56 Å². The number of fused-ring (bicyclic) bond motifs is 1. The molecule has 1 aliphatic rings. The number of halogens is 1. The number of hydrogen-bond donors (Lipinski definition) is 0. The van der Waals surface area contributed by atoms with Crippen molar-refractivity contribution in [2.24, 2.45) is 0 Å². The van der Waals surface area contributed by atoms with Crippen LogP contribution in [-0.2, 0) is 0 Å². The van der Waals surface area contributed by atoms with Crippen LogP contribution in [0.25, 0.3) is 6.08 Å². The molecule has 64 valence electrons. The number of nitriles is 1. The minimum absolute atomic E-state index is 0.352. The SMILES string of the molecule is N#CC1=Cc2cc(Cl)ccc2OC1. The lowest BCUT2D eigenvalue weighted by Crippen LogP contribution is -2.05. The van der Waals surface area contributed by atoms with Crippen molar-refractivity contribution < 1.29 is 4.74 Å². The monoisotopic (exact) mass is 191 g/mol. The van der Waals surface area contributed by atoms with Crippen LogP contribution < -0.4 is 4.74 Å². The Morgan fingerprint density at radius 3 is 3.08 bits per heavy atom. The number of nitrogens with zero attached hydrogens (tertiary/aromatic N) is 1. The molecule has 0 fully saturated rings. The van der Waals surface area contributed by atoms with Gasteiger partial charge in [-0.3, -0.25) is 0 Å². The summed E-state index contributed by atoms with van der Waals surface area (Å²) in [5, 5.41) is 9.31. The van der Waals surface area contributed by atoms with Crippen molar-refractivity contribution in [2.45, 2.75) is 0 Å². The molecule has 0 atom stereocenters. The van der Waals surface area contributed by atoms with E-state index in [1.807, 2.05) is 6.07 Å². The summed E-state index contributed by atoms with van der Waals surface area (Å²) in [6, 6.07) is 7.42. The van der Waals surface area contributed by atoms with E-state index in [9.17, 15) is 0 Å². The van der Waals surface area contributed by atoms with Gasteiger partial charge in [0.2, 0.25) is 0 Å². The van der Waals surface area contributed by atoms with Crippen LogP contribution in [0.5, 0.6) is 5.75 Å². The lowest BCUT2D eigenvalue weighted by molar-refractivity contribution is 0.352. The lowest BCUT2D eigenvalue weighted by Gasteiger charge is -2.13. The average Bonchev–Trinajstić information content (AvgIpc) is 2.16. The Balaban J connectivity index is 2.51. The largest absolute Gasteiger partial charge is 0.488 e. The van der Waals surface area contributed by atoms with Gasteiger partial charge in [-0.15, -0.1) is 0 Å². The molecule has 13 heavy (non-hydrogen) atoms. The summed E-state index contributed by atoms with van der Waals surface area (Å²) in [5.74, 6) is 0.781. The highest BCUT2D eigenvalue weighted by atomic mass is 35.5. The van der Waals surface area contributed by atoms with Crippen LogP contribution in [0.15, 0.2) is 23.8 Å². The molecule has 1 aromatic rings. The topological polar surface area (TPSA) is 33.0 Å². The van der Waals surface area contributed by atoms with Gasteiger partial charge in [-0.05, 0) is 24.3 Å². The molecule has 1 heterocycles. The third kappa shape index (κ3) is 1.51. The third-order valence-corrected chi connectivity index (χ3v) is 2.06. The Bertz CT molecular complexity index is 417. The van der Waals surface area contributed by atoms with Crippen LogP contribution >= 0.6 is 11.6 Å². The minimum atomic E-state index is 0.352. The molecular formula is C10H6ClNO. The second-order valence-electron chi connectivity index (χ2n) is 2.75. The van der Waals surface area contributed by atoms with Crippen molar-refractivity contribution in [3.63, 3.8) is 0 Å². The number of rotatable bonds is 0. The van der Waals surface area contributed by atoms with Gasteiger partial charge in [0, 0.05) is 10.6 Å². The zero-order valence-corrected chi connectivity index (χ0v) is 7.51. The van der Waals surface area contributed by atoms with E-state index in [-0.39, 0.29) is 0 Å². The summed E-state index contributed by atoms with van der Waals surface area (Å²) in [7, 11) is 0.